The molecule has 4 rings (SSSR count). The topological polar surface area (TPSA) is 61.4 Å². The highest BCUT2D eigenvalue weighted by Gasteiger charge is 2.12. The number of nitrogens with one attached hydrogen (secondary N) is 2. The molecule has 0 spiro atoms. The molecule has 1 heterocycles. The number of benzene rings is 3. The Balaban J connectivity index is 1.30. The number of carbonyl (C=O) groups is 2. The summed E-state index contributed by atoms with van der Waals surface area (Å²) in [6.07, 6.45) is 2.51. The van der Waals surface area contributed by atoms with Gasteiger partial charge in [-0.3, -0.25) is 9.59 Å². The van der Waals surface area contributed by atoms with Gasteiger partial charge in [0.2, 0.25) is 0 Å². The first-order valence-corrected chi connectivity index (χ1v) is 10.3. The van der Waals surface area contributed by atoms with Crippen LogP contribution in [0.4, 0.5) is 11.4 Å². The number of hydrogen-bond acceptors (Lipinski definition) is 3. The smallest absolute Gasteiger partial charge is 0.255 e. The van der Waals surface area contributed by atoms with Gasteiger partial charge in [-0.1, -0.05) is 30.3 Å². The third-order valence-corrected chi connectivity index (χ3v) is 5.30. The lowest BCUT2D eigenvalue weighted by molar-refractivity contribution is 0.0950. The van der Waals surface area contributed by atoms with Gasteiger partial charge in [-0.05, 0) is 66.9 Å². The molecule has 0 atom stereocenters. The molecule has 0 saturated carbocycles. The van der Waals surface area contributed by atoms with Crippen molar-refractivity contribution in [2.24, 2.45) is 0 Å². The van der Waals surface area contributed by atoms with E-state index < -0.39 is 0 Å². The molecule has 5 heteroatoms. The van der Waals surface area contributed by atoms with Gasteiger partial charge >= 0.3 is 0 Å². The van der Waals surface area contributed by atoms with E-state index in [1.807, 2.05) is 18.2 Å². The minimum atomic E-state index is -0.176. The number of nitrogens with zero attached hydrogens (tertiary/aromatic N) is 1. The maximum Gasteiger partial charge on any atom is 0.255 e. The zero-order chi connectivity index (χ0) is 20.8. The Hall–Kier alpha value is -3.60. The number of hydrogen-bond donors (Lipinski definition) is 2. The second-order valence-corrected chi connectivity index (χ2v) is 7.44. The van der Waals surface area contributed by atoms with Crippen LogP contribution in [-0.2, 0) is 6.54 Å². The van der Waals surface area contributed by atoms with E-state index >= 15 is 0 Å². The van der Waals surface area contributed by atoms with Gasteiger partial charge in [0.1, 0.15) is 0 Å². The van der Waals surface area contributed by atoms with Crippen LogP contribution in [0.3, 0.4) is 0 Å². The van der Waals surface area contributed by atoms with E-state index in [1.165, 1.54) is 18.5 Å². The van der Waals surface area contributed by atoms with E-state index in [0.29, 0.717) is 23.4 Å². The molecule has 30 heavy (non-hydrogen) atoms. The molecule has 0 bridgehead atoms. The lowest BCUT2D eigenvalue weighted by Crippen LogP contribution is -2.23. The van der Waals surface area contributed by atoms with Crippen LogP contribution in [0.15, 0.2) is 78.9 Å². The Morgan fingerprint density at radius 2 is 1.37 bits per heavy atom. The number of carbonyl (C=O) groups excluding carboxylic acids is 2. The van der Waals surface area contributed by atoms with Crippen molar-refractivity contribution in [3.8, 4) is 0 Å². The van der Waals surface area contributed by atoms with Crippen LogP contribution in [0.2, 0.25) is 0 Å². The van der Waals surface area contributed by atoms with Crippen molar-refractivity contribution >= 4 is 23.2 Å². The van der Waals surface area contributed by atoms with Gasteiger partial charge in [0, 0.05) is 42.1 Å². The average Bonchev–Trinajstić information content (AvgIpc) is 3.34. The third kappa shape index (κ3) is 4.87. The van der Waals surface area contributed by atoms with Gasteiger partial charge in [0.25, 0.3) is 11.8 Å². The Labute approximate surface area is 176 Å². The Morgan fingerprint density at radius 1 is 0.733 bits per heavy atom. The van der Waals surface area contributed by atoms with Gasteiger partial charge < -0.3 is 15.5 Å². The fraction of sp³-hybridized carbons (Fsp3) is 0.200. The zero-order valence-corrected chi connectivity index (χ0v) is 16.8. The van der Waals surface area contributed by atoms with Crippen LogP contribution < -0.4 is 15.5 Å². The van der Waals surface area contributed by atoms with Crippen molar-refractivity contribution in [2.45, 2.75) is 19.4 Å². The molecule has 1 saturated heterocycles. The van der Waals surface area contributed by atoms with E-state index in [9.17, 15) is 9.59 Å². The number of anilines is 2. The summed E-state index contributed by atoms with van der Waals surface area (Å²) >= 11 is 0. The van der Waals surface area contributed by atoms with Gasteiger partial charge in [-0.15, -0.1) is 0 Å². The fourth-order valence-electron chi connectivity index (χ4n) is 3.58. The van der Waals surface area contributed by atoms with E-state index in [4.69, 9.17) is 0 Å². The van der Waals surface area contributed by atoms with Crippen molar-refractivity contribution in [3.63, 3.8) is 0 Å². The third-order valence-electron chi connectivity index (χ3n) is 5.30. The summed E-state index contributed by atoms with van der Waals surface area (Å²) in [4.78, 5) is 27.0. The van der Waals surface area contributed by atoms with E-state index in [0.717, 1.165) is 18.7 Å². The first-order chi connectivity index (χ1) is 14.7. The quantitative estimate of drug-likeness (QED) is 0.643. The molecule has 3 aromatic rings. The lowest BCUT2D eigenvalue weighted by Gasteiger charge is -2.17. The predicted octanol–water partition coefficient (Wildman–Crippen LogP) is 4.47. The molecule has 2 N–H and O–H groups in total. The summed E-state index contributed by atoms with van der Waals surface area (Å²) < 4.78 is 0. The second-order valence-electron chi connectivity index (χ2n) is 7.44. The molecule has 0 aromatic heterocycles. The predicted molar refractivity (Wildman–Crippen MR) is 120 cm³/mol. The second kappa shape index (κ2) is 9.27. The molecule has 2 amide bonds. The van der Waals surface area contributed by atoms with Gasteiger partial charge in [0.15, 0.2) is 0 Å². The van der Waals surface area contributed by atoms with E-state index in [-0.39, 0.29) is 11.8 Å². The van der Waals surface area contributed by atoms with Gasteiger partial charge in [-0.25, -0.2) is 0 Å². The maximum absolute atomic E-state index is 12.4. The number of amides is 2. The highest BCUT2D eigenvalue weighted by atomic mass is 16.2. The summed E-state index contributed by atoms with van der Waals surface area (Å²) in [5.74, 6) is -0.315. The molecule has 0 unspecified atom stereocenters. The first-order valence-electron chi connectivity index (χ1n) is 10.3. The van der Waals surface area contributed by atoms with Crippen LogP contribution in [-0.4, -0.2) is 24.9 Å². The van der Waals surface area contributed by atoms with Crippen molar-refractivity contribution in [3.05, 3.63) is 95.6 Å². The first kappa shape index (κ1) is 19.7. The normalized spacial score (nSPS) is 13.1. The van der Waals surface area contributed by atoms with Crippen molar-refractivity contribution in [1.29, 1.82) is 0 Å². The Morgan fingerprint density at radius 3 is 2.03 bits per heavy atom. The molecule has 1 fully saturated rings. The van der Waals surface area contributed by atoms with Gasteiger partial charge in [0.05, 0.1) is 0 Å². The summed E-state index contributed by atoms with van der Waals surface area (Å²) in [5, 5.41) is 5.79. The molecule has 1 aliphatic heterocycles. The number of rotatable bonds is 6. The average molecular weight is 399 g/mol. The Bertz CT molecular complexity index is 993. The largest absolute Gasteiger partial charge is 0.372 e. The minimum absolute atomic E-state index is 0.139. The highest BCUT2D eigenvalue weighted by molar-refractivity contribution is 6.04. The molecule has 0 radical (unpaired) electrons. The van der Waals surface area contributed by atoms with Crippen LogP contribution in [0, 0.1) is 0 Å². The van der Waals surface area contributed by atoms with Crippen LogP contribution in [0.5, 0.6) is 0 Å². The van der Waals surface area contributed by atoms with Crippen LogP contribution in [0.25, 0.3) is 0 Å². The molecule has 5 nitrogen and oxygen atoms in total. The van der Waals surface area contributed by atoms with E-state index in [1.54, 1.807) is 36.4 Å². The molecule has 152 valence electrons. The lowest BCUT2D eigenvalue weighted by atomic mass is 10.1. The van der Waals surface area contributed by atoms with Crippen LogP contribution in [0.1, 0.15) is 39.1 Å². The molecular formula is C25H25N3O2. The molecular weight excluding hydrogens is 374 g/mol. The molecule has 0 aliphatic carbocycles. The summed E-state index contributed by atoms with van der Waals surface area (Å²) in [6, 6.07) is 24.3. The summed E-state index contributed by atoms with van der Waals surface area (Å²) in [7, 11) is 0. The fourth-order valence-corrected chi connectivity index (χ4v) is 3.58. The Kier molecular flexibility index (Phi) is 6.09. The van der Waals surface area contributed by atoms with Crippen LogP contribution >= 0.6 is 0 Å². The van der Waals surface area contributed by atoms with Crippen molar-refractivity contribution in [1.82, 2.24) is 5.32 Å². The van der Waals surface area contributed by atoms with E-state index in [2.05, 4.69) is 39.8 Å². The monoisotopic (exact) mass is 399 g/mol. The standard InChI is InChI=1S/C25H25N3O2/c29-24(26-18-19-8-14-23(15-9-19)28-16-4-5-17-28)21-10-12-22(13-11-21)27-25(30)20-6-2-1-3-7-20/h1-3,6-15H,4-5,16-18H2,(H,26,29)(H,27,30). The maximum atomic E-state index is 12.4. The molecule has 1 aliphatic rings. The molecule has 3 aromatic carbocycles. The van der Waals surface area contributed by atoms with Gasteiger partial charge in [-0.2, -0.15) is 0 Å². The van der Waals surface area contributed by atoms with Crippen molar-refractivity contribution in [2.75, 3.05) is 23.3 Å². The zero-order valence-electron chi connectivity index (χ0n) is 16.8. The SMILES string of the molecule is O=C(NCc1ccc(N2CCCC2)cc1)c1ccc(NC(=O)c2ccccc2)cc1. The summed E-state index contributed by atoms with van der Waals surface area (Å²) in [6.45, 7) is 2.72. The van der Waals surface area contributed by atoms with Crippen molar-refractivity contribution < 1.29 is 9.59 Å². The highest BCUT2D eigenvalue weighted by Crippen LogP contribution is 2.20. The summed E-state index contributed by atoms with van der Waals surface area (Å²) in [5.41, 5.74) is 4.11. The minimum Gasteiger partial charge on any atom is -0.372 e.